The SMILES string of the molecule is CC1CCCN(CC(O)CC(=O)O)C1=O. The topological polar surface area (TPSA) is 77.8 Å². The number of likely N-dealkylation sites (tertiary alicyclic amines) is 1. The zero-order valence-corrected chi connectivity index (χ0v) is 8.85. The second-order valence-corrected chi connectivity index (χ2v) is 4.08. The van der Waals surface area contributed by atoms with Gasteiger partial charge in [0.25, 0.3) is 0 Å². The summed E-state index contributed by atoms with van der Waals surface area (Å²) < 4.78 is 0. The lowest BCUT2D eigenvalue weighted by Gasteiger charge is -2.31. The minimum absolute atomic E-state index is 0.00391. The van der Waals surface area contributed by atoms with Crippen molar-refractivity contribution in [3.63, 3.8) is 0 Å². The highest BCUT2D eigenvalue weighted by Crippen LogP contribution is 2.17. The molecule has 2 N–H and O–H groups in total. The summed E-state index contributed by atoms with van der Waals surface area (Å²) in [5.41, 5.74) is 0. The summed E-state index contributed by atoms with van der Waals surface area (Å²) in [7, 11) is 0. The van der Waals surface area contributed by atoms with Gasteiger partial charge in [-0.3, -0.25) is 9.59 Å². The lowest BCUT2D eigenvalue weighted by atomic mass is 9.99. The Hall–Kier alpha value is -1.10. The van der Waals surface area contributed by atoms with Crippen molar-refractivity contribution in [2.24, 2.45) is 5.92 Å². The molecule has 5 heteroatoms. The van der Waals surface area contributed by atoms with Gasteiger partial charge in [0, 0.05) is 19.0 Å². The Bertz CT molecular complexity index is 254. The average molecular weight is 215 g/mol. The van der Waals surface area contributed by atoms with E-state index in [1.165, 1.54) is 0 Å². The van der Waals surface area contributed by atoms with Crippen molar-refractivity contribution in [2.45, 2.75) is 32.3 Å². The van der Waals surface area contributed by atoms with Crippen LogP contribution in [0.25, 0.3) is 0 Å². The minimum atomic E-state index is -1.04. The average Bonchev–Trinajstić information content (AvgIpc) is 2.11. The monoisotopic (exact) mass is 215 g/mol. The largest absolute Gasteiger partial charge is 0.481 e. The Kier molecular flexibility index (Phi) is 4.08. The predicted molar refractivity (Wildman–Crippen MR) is 53.2 cm³/mol. The third-order valence-electron chi connectivity index (χ3n) is 2.64. The zero-order valence-electron chi connectivity index (χ0n) is 8.85. The van der Waals surface area contributed by atoms with Crippen molar-refractivity contribution in [2.75, 3.05) is 13.1 Å². The van der Waals surface area contributed by atoms with E-state index >= 15 is 0 Å². The Morgan fingerprint density at radius 1 is 1.67 bits per heavy atom. The number of hydrogen-bond acceptors (Lipinski definition) is 3. The number of carbonyl (C=O) groups is 2. The van der Waals surface area contributed by atoms with E-state index in [0.29, 0.717) is 6.54 Å². The van der Waals surface area contributed by atoms with E-state index in [0.717, 1.165) is 12.8 Å². The molecule has 1 rings (SSSR count). The molecule has 1 aliphatic heterocycles. The van der Waals surface area contributed by atoms with E-state index in [1.54, 1.807) is 4.90 Å². The van der Waals surface area contributed by atoms with E-state index < -0.39 is 12.1 Å². The number of β-amino-alcohol motifs (C(OH)–C–C–N with tert-alkyl or cyclic N) is 1. The number of nitrogens with zero attached hydrogens (tertiary/aromatic N) is 1. The van der Waals surface area contributed by atoms with Crippen LogP contribution in [0.1, 0.15) is 26.2 Å². The summed E-state index contributed by atoms with van der Waals surface area (Å²) in [4.78, 5) is 23.5. The second-order valence-electron chi connectivity index (χ2n) is 4.08. The number of carbonyl (C=O) groups excluding carboxylic acids is 1. The first-order valence-electron chi connectivity index (χ1n) is 5.19. The molecule has 1 saturated heterocycles. The van der Waals surface area contributed by atoms with Crippen LogP contribution in [0.15, 0.2) is 0 Å². The molecule has 1 fully saturated rings. The number of aliphatic hydroxyl groups is 1. The molecule has 0 saturated carbocycles. The molecule has 5 nitrogen and oxygen atoms in total. The molecule has 86 valence electrons. The highest BCUT2D eigenvalue weighted by atomic mass is 16.4. The van der Waals surface area contributed by atoms with Gasteiger partial charge in [-0.1, -0.05) is 6.92 Å². The molecule has 0 spiro atoms. The third kappa shape index (κ3) is 3.51. The summed E-state index contributed by atoms with van der Waals surface area (Å²) in [5.74, 6) is -1.03. The maximum Gasteiger partial charge on any atom is 0.306 e. The first-order valence-corrected chi connectivity index (χ1v) is 5.19. The summed E-state index contributed by atoms with van der Waals surface area (Å²) in [6.45, 7) is 2.62. The van der Waals surface area contributed by atoms with Crippen LogP contribution in [-0.4, -0.2) is 46.2 Å². The highest BCUT2D eigenvalue weighted by Gasteiger charge is 2.26. The van der Waals surface area contributed by atoms with Gasteiger partial charge in [0.05, 0.1) is 12.5 Å². The molecule has 0 bridgehead atoms. The Morgan fingerprint density at radius 2 is 2.33 bits per heavy atom. The van der Waals surface area contributed by atoms with Crippen LogP contribution in [0.2, 0.25) is 0 Å². The van der Waals surface area contributed by atoms with Crippen LogP contribution in [0.4, 0.5) is 0 Å². The van der Waals surface area contributed by atoms with Gasteiger partial charge in [0.1, 0.15) is 0 Å². The number of aliphatic carboxylic acids is 1. The molecule has 15 heavy (non-hydrogen) atoms. The molecule has 0 radical (unpaired) electrons. The van der Waals surface area contributed by atoms with Gasteiger partial charge in [-0.15, -0.1) is 0 Å². The van der Waals surface area contributed by atoms with E-state index in [4.69, 9.17) is 5.11 Å². The number of hydrogen-bond donors (Lipinski definition) is 2. The number of rotatable bonds is 4. The Balaban J connectivity index is 2.43. The van der Waals surface area contributed by atoms with Crippen LogP contribution in [0, 0.1) is 5.92 Å². The molecular weight excluding hydrogens is 198 g/mol. The van der Waals surface area contributed by atoms with Crippen molar-refractivity contribution in [3.8, 4) is 0 Å². The first kappa shape index (κ1) is 12.0. The quantitative estimate of drug-likeness (QED) is 0.696. The molecule has 2 unspecified atom stereocenters. The third-order valence-corrected chi connectivity index (χ3v) is 2.64. The maximum absolute atomic E-state index is 11.6. The molecule has 0 aromatic heterocycles. The van der Waals surface area contributed by atoms with Crippen LogP contribution in [-0.2, 0) is 9.59 Å². The van der Waals surface area contributed by atoms with Gasteiger partial charge >= 0.3 is 5.97 Å². The smallest absolute Gasteiger partial charge is 0.306 e. The van der Waals surface area contributed by atoms with E-state index in [-0.39, 0.29) is 24.8 Å². The molecule has 1 aliphatic rings. The molecule has 0 aromatic carbocycles. The fourth-order valence-corrected chi connectivity index (χ4v) is 1.84. The summed E-state index contributed by atoms with van der Waals surface area (Å²) in [6, 6.07) is 0. The summed E-state index contributed by atoms with van der Waals surface area (Å²) in [5, 5.41) is 17.9. The standard InChI is InChI=1S/C10H17NO4/c1-7-3-2-4-11(10(7)15)6-8(12)5-9(13)14/h7-8,12H,2-6H2,1H3,(H,13,14). The first-order chi connectivity index (χ1) is 7.00. The van der Waals surface area contributed by atoms with Crippen molar-refractivity contribution in [3.05, 3.63) is 0 Å². The molecule has 0 aliphatic carbocycles. The molecule has 1 amide bonds. The molecule has 0 aromatic rings. The fraction of sp³-hybridized carbons (Fsp3) is 0.800. The number of piperidine rings is 1. The lowest BCUT2D eigenvalue weighted by molar-refractivity contribution is -0.143. The number of carboxylic acids is 1. The number of carboxylic acid groups (broad SMARTS) is 1. The number of aliphatic hydroxyl groups excluding tert-OH is 1. The van der Waals surface area contributed by atoms with Gasteiger partial charge in [-0.2, -0.15) is 0 Å². The highest BCUT2D eigenvalue weighted by molar-refractivity contribution is 5.79. The van der Waals surface area contributed by atoms with E-state index in [9.17, 15) is 14.7 Å². The van der Waals surface area contributed by atoms with Gasteiger partial charge in [-0.25, -0.2) is 0 Å². The summed E-state index contributed by atoms with van der Waals surface area (Å²) in [6.07, 6.45) is 0.534. The minimum Gasteiger partial charge on any atom is -0.481 e. The Morgan fingerprint density at radius 3 is 2.93 bits per heavy atom. The second kappa shape index (κ2) is 5.11. The molecular formula is C10H17NO4. The van der Waals surface area contributed by atoms with Crippen LogP contribution >= 0.6 is 0 Å². The maximum atomic E-state index is 11.6. The van der Waals surface area contributed by atoms with Gasteiger partial charge < -0.3 is 15.1 Å². The Labute approximate surface area is 88.7 Å². The number of amides is 1. The van der Waals surface area contributed by atoms with Crippen LogP contribution in [0.5, 0.6) is 0 Å². The van der Waals surface area contributed by atoms with E-state index in [2.05, 4.69) is 0 Å². The van der Waals surface area contributed by atoms with Gasteiger partial charge in [0.15, 0.2) is 0 Å². The lowest BCUT2D eigenvalue weighted by Crippen LogP contribution is -2.44. The van der Waals surface area contributed by atoms with Crippen molar-refractivity contribution in [1.82, 2.24) is 4.90 Å². The molecule has 1 heterocycles. The normalized spacial score (nSPS) is 24.0. The zero-order chi connectivity index (χ0) is 11.4. The van der Waals surface area contributed by atoms with Crippen molar-refractivity contribution < 1.29 is 19.8 Å². The van der Waals surface area contributed by atoms with Crippen molar-refractivity contribution in [1.29, 1.82) is 0 Å². The summed E-state index contributed by atoms with van der Waals surface area (Å²) >= 11 is 0. The van der Waals surface area contributed by atoms with E-state index in [1.807, 2.05) is 6.92 Å². The fourth-order valence-electron chi connectivity index (χ4n) is 1.84. The predicted octanol–water partition coefficient (Wildman–Crippen LogP) is 0.0805. The van der Waals surface area contributed by atoms with Crippen LogP contribution < -0.4 is 0 Å². The molecule has 2 atom stereocenters. The van der Waals surface area contributed by atoms with Gasteiger partial charge in [0.2, 0.25) is 5.91 Å². The van der Waals surface area contributed by atoms with Gasteiger partial charge in [-0.05, 0) is 12.8 Å². The van der Waals surface area contributed by atoms with Crippen LogP contribution in [0.3, 0.4) is 0 Å². The van der Waals surface area contributed by atoms with Crippen molar-refractivity contribution >= 4 is 11.9 Å².